The molecule has 3 fully saturated rings. The molecule has 6 nitrogen and oxygen atoms in total. The van der Waals surface area contributed by atoms with E-state index in [1.807, 2.05) is 17.9 Å². The van der Waals surface area contributed by atoms with Crippen LogP contribution in [0.1, 0.15) is 48.8 Å². The third-order valence-electron chi connectivity index (χ3n) is 7.70. The minimum Gasteiger partial charge on any atom is -0.473 e. The molecule has 0 saturated carbocycles. The average molecular weight is 535 g/mol. The van der Waals surface area contributed by atoms with E-state index in [4.69, 9.17) is 4.74 Å². The number of aryl methyl sites for hydroxylation is 1. The summed E-state index contributed by atoms with van der Waals surface area (Å²) in [4.78, 5) is 16.6. The van der Waals surface area contributed by atoms with Crippen molar-refractivity contribution in [1.29, 1.82) is 0 Å². The molecule has 0 radical (unpaired) electrons. The number of piperidine rings is 1. The van der Waals surface area contributed by atoms with Crippen molar-refractivity contribution in [3.63, 3.8) is 0 Å². The average Bonchev–Trinajstić information content (AvgIpc) is 2.84. The number of nitrogens with zero attached hydrogens (tertiary/aromatic N) is 2. The molecule has 2 N–H and O–H groups in total. The van der Waals surface area contributed by atoms with Gasteiger partial charge in [-0.3, -0.25) is 4.79 Å². The lowest BCUT2D eigenvalue weighted by atomic mass is 9.88. The summed E-state index contributed by atoms with van der Waals surface area (Å²) in [6.45, 7) is 14.9. The number of carbonyl (C=O) groups excluding carboxylic acids is 1. The van der Waals surface area contributed by atoms with Crippen LogP contribution in [0.4, 0.5) is 14.5 Å². The number of hydrogen-bond donors (Lipinski definition) is 2. The monoisotopic (exact) mass is 534 g/mol. The van der Waals surface area contributed by atoms with Crippen LogP contribution in [0.5, 0.6) is 0 Å². The maximum absolute atomic E-state index is 15.0. The molecular weight excluding hydrogens is 498 g/mol. The molecule has 1 atom stereocenters. The summed E-state index contributed by atoms with van der Waals surface area (Å²) in [7, 11) is 0. The van der Waals surface area contributed by atoms with E-state index in [1.54, 1.807) is 0 Å². The number of amides is 1. The van der Waals surface area contributed by atoms with Gasteiger partial charge in [0.25, 0.3) is 0 Å². The SMILES string of the molecule is C=C(NC1CN(c2cc(F)c(C3CC/C(=C/CC)NC3=O)c(F)c2)C1)OC1CN(C(=C)c2ccc(C)cc2)C1. The third-order valence-corrected chi connectivity index (χ3v) is 7.70. The first kappa shape index (κ1) is 26.8. The first-order valence-corrected chi connectivity index (χ1v) is 13.6. The van der Waals surface area contributed by atoms with Gasteiger partial charge < -0.3 is 25.2 Å². The lowest BCUT2D eigenvalue weighted by molar-refractivity contribution is -0.123. The highest BCUT2D eigenvalue weighted by Crippen LogP contribution is 2.35. The van der Waals surface area contributed by atoms with Gasteiger partial charge in [0, 0.05) is 35.7 Å². The Kier molecular flexibility index (Phi) is 7.64. The van der Waals surface area contributed by atoms with Gasteiger partial charge in [-0.15, -0.1) is 0 Å². The van der Waals surface area contributed by atoms with Crippen molar-refractivity contribution in [2.24, 2.45) is 0 Å². The van der Waals surface area contributed by atoms with Gasteiger partial charge in [0.2, 0.25) is 5.91 Å². The van der Waals surface area contributed by atoms with Crippen molar-refractivity contribution in [3.8, 4) is 0 Å². The summed E-state index contributed by atoms with van der Waals surface area (Å²) < 4.78 is 36.0. The van der Waals surface area contributed by atoms with Gasteiger partial charge in [-0.1, -0.05) is 49.4 Å². The highest BCUT2D eigenvalue weighted by Gasteiger charge is 2.34. The first-order valence-electron chi connectivity index (χ1n) is 13.6. The second-order valence-electron chi connectivity index (χ2n) is 10.7. The Morgan fingerprint density at radius 1 is 1.13 bits per heavy atom. The number of allylic oxidation sites excluding steroid dienone is 2. The summed E-state index contributed by atoms with van der Waals surface area (Å²) in [5, 5.41) is 6.05. The van der Waals surface area contributed by atoms with Gasteiger partial charge in [0.15, 0.2) is 5.88 Å². The second kappa shape index (κ2) is 11.1. The van der Waals surface area contributed by atoms with Crippen LogP contribution >= 0.6 is 0 Å². The van der Waals surface area contributed by atoms with Crippen molar-refractivity contribution in [3.05, 3.63) is 95.5 Å². The number of halogens is 2. The van der Waals surface area contributed by atoms with Crippen LogP contribution in [0.25, 0.3) is 5.70 Å². The molecule has 0 aliphatic carbocycles. The fourth-order valence-electron chi connectivity index (χ4n) is 5.41. The van der Waals surface area contributed by atoms with E-state index < -0.39 is 17.6 Å². The lowest BCUT2D eigenvalue weighted by Gasteiger charge is -2.44. The number of benzene rings is 2. The Labute approximate surface area is 229 Å². The molecule has 206 valence electrons. The Morgan fingerprint density at radius 2 is 1.79 bits per heavy atom. The predicted octanol–water partition coefficient (Wildman–Crippen LogP) is 5.18. The minimum atomic E-state index is -0.823. The normalized spacial score (nSPS) is 20.8. The molecule has 1 unspecified atom stereocenters. The highest BCUT2D eigenvalue weighted by atomic mass is 19.1. The van der Waals surface area contributed by atoms with Gasteiger partial charge in [-0.05, 0) is 50.5 Å². The summed E-state index contributed by atoms with van der Waals surface area (Å²) in [6, 6.07) is 11.0. The number of hydrogen-bond acceptors (Lipinski definition) is 5. The summed E-state index contributed by atoms with van der Waals surface area (Å²) >= 11 is 0. The van der Waals surface area contributed by atoms with Gasteiger partial charge in [0.1, 0.15) is 17.7 Å². The molecule has 1 amide bonds. The molecular formula is C31H36F2N4O2. The number of likely N-dealkylation sites (tertiary alicyclic amines) is 1. The van der Waals surface area contributed by atoms with E-state index in [0.717, 1.165) is 36.5 Å². The first-order chi connectivity index (χ1) is 18.7. The van der Waals surface area contributed by atoms with Crippen molar-refractivity contribution in [2.45, 2.75) is 51.2 Å². The molecule has 3 saturated heterocycles. The molecule has 2 aromatic carbocycles. The van der Waals surface area contributed by atoms with E-state index in [2.05, 4.69) is 59.9 Å². The maximum atomic E-state index is 15.0. The molecule has 8 heteroatoms. The number of rotatable bonds is 9. The van der Waals surface area contributed by atoms with Crippen LogP contribution in [0.3, 0.4) is 0 Å². The quantitative estimate of drug-likeness (QED) is 0.434. The van der Waals surface area contributed by atoms with E-state index in [1.165, 1.54) is 17.7 Å². The van der Waals surface area contributed by atoms with Crippen LogP contribution in [-0.2, 0) is 9.53 Å². The van der Waals surface area contributed by atoms with Gasteiger partial charge in [-0.2, -0.15) is 0 Å². The molecule has 0 spiro atoms. The number of anilines is 1. The Hall–Kier alpha value is -3.81. The smallest absolute Gasteiger partial charge is 0.231 e. The summed E-state index contributed by atoms with van der Waals surface area (Å²) in [5.41, 5.74) is 4.44. The molecule has 0 bridgehead atoms. The molecule has 0 aromatic heterocycles. The largest absolute Gasteiger partial charge is 0.473 e. The van der Waals surface area contributed by atoms with Crippen molar-refractivity contribution >= 4 is 17.3 Å². The van der Waals surface area contributed by atoms with Crippen LogP contribution in [-0.4, -0.2) is 49.1 Å². The van der Waals surface area contributed by atoms with Crippen molar-refractivity contribution in [1.82, 2.24) is 15.5 Å². The Balaban J connectivity index is 1.08. The van der Waals surface area contributed by atoms with Gasteiger partial charge in [0.05, 0.1) is 25.0 Å². The molecule has 3 aliphatic heterocycles. The molecule has 3 heterocycles. The molecule has 3 aliphatic rings. The number of carbonyl (C=O) groups is 1. The molecule has 2 aromatic rings. The zero-order valence-electron chi connectivity index (χ0n) is 22.6. The van der Waals surface area contributed by atoms with Crippen molar-refractivity contribution < 1.29 is 18.3 Å². The van der Waals surface area contributed by atoms with E-state index >= 15 is 8.78 Å². The topological polar surface area (TPSA) is 56.8 Å². The van der Waals surface area contributed by atoms with Crippen LogP contribution in [0.15, 0.2) is 67.2 Å². The van der Waals surface area contributed by atoms with E-state index in [-0.39, 0.29) is 23.6 Å². The number of nitrogens with one attached hydrogen (secondary N) is 2. The van der Waals surface area contributed by atoms with Crippen LogP contribution in [0.2, 0.25) is 0 Å². The fourth-order valence-corrected chi connectivity index (χ4v) is 5.41. The van der Waals surface area contributed by atoms with E-state index in [0.29, 0.717) is 37.5 Å². The highest BCUT2D eigenvalue weighted by molar-refractivity contribution is 5.86. The summed E-state index contributed by atoms with van der Waals surface area (Å²) in [5.74, 6) is -2.04. The number of ether oxygens (including phenoxy) is 1. The zero-order chi connectivity index (χ0) is 27.7. The van der Waals surface area contributed by atoms with Crippen LogP contribution in [0, 0.1) is 18.6 Å². The van der Waals surface area contributed by atoms with E-state index in [9.17, 15) is 4.79 Å². The van der Waals surface area contributed by atoms with Crippen molar-refractivity contribution in [2.75, 3.05) is 31.1 Å². The standard InChI is InChI=1S/C31H36F2N4O2/c1-5-6-23-11-12-27(31(38)35-23)30-28(32)13-25(14-29(30)33)37-15-24(16-37)34-21(4)39-26-17-36(18-26)20(3)22-9-7-19(2)8-10-22/h6-10,13-14,24,26-27,34H,3-5,11-12,15-18H2,1-2H3,(H,35,38)/b23-6-. The zero-order valence-corrected chi connectivity index (χ0v) is 22.6. The maximum Gasteiger partial charge on any atom is 0.231 e. The van der Waals surface area contributed by atoms with Gasteiger partial charge in [-0.25, -0.2) is 8.78 Å². The molecule has 5 rings (SSSR count). The predicted molar refractivity (Wildman–Crippen MR) is 150 cm³/mol. The molecule has 39 heavy (non-hydrogen) atoms. The van der Waals surface area contributed by atoms with Crippen LogP contribution < -0.4 is 15.5 Å². The fraction of sp³-hybridized carbons (Fsp3) is 0.387. The van der Waals surface area contributed by atoms with Gasteiger partial charge >= 0.3 is 0 Å². The lowest BCUT2D eigenvalue weighted by Crippen LogP contribution is -2.59. The summed E-state index contributed by atoms with van der Waals surface area (Å²) in [6.07, 6.45) is 3.75. The minimum absolute atomic E-state index is 0.0321. The third kappa shape index (κ3) is 5.79. The second-order valence-corrected chi connectivity index (χ2v) is 10.7. The Bertz CT molecular complexity index is 1270. The Morgan fingerprint density at radius 3 is 2.41 bits per heavy atom.